The molecule has 7 heteroatoms. The molecule has 16 heavy (non-hydrogen) atoms. The molecular formula is C9H14ClN3O2S. The largest absolute Gasteiger partial charge is 0.379 e. The lowest BCUT2D eigenvalue weighted by Gasteiger charge is -2.07. The van der Waals surface area contributed by atoms with Crippen molar-refractivity contribution in [2.45, 2.75) is 26.4 Å². The number of hydrogen-bond donors (Lipinski definition) is 1. The standard InChI is InChI=1S/C9H14ClN3O2S/c1-6(2)15-5-3-4-11-7(14)8-12-13-9(10)16-8/h6H,3-5H2,1-2H3,(H,11,14). The average molecular weight is 264 g/mol. The van der Waals surface area contributed by atoms with E-state index in [1.165, 1.54) is 0 Å². The molecule has 1 heterocycles. The molecule has 0 fully saturated rings. The first kappa shape index (κ1) is 13.3. The maximum absolute atomic E-state index is 11.5. The Hall–Kier alpha value is -0.720. The molecule has 0 saturated heterocycles. The normalized spacial score (nSPS) is 10.8. The number of rotatable bonds is 6. The summed E-state index contributed by atoms with van der Waals surface area (Å²) in [7, 11) is 0. The molecular weight excluding hydrogens is 250 g/mol. The molecule has 1 aromatic heterocycles. The number of carbonyl (C=O) groups is 1. The summed E-state index contributed by atoms with van der Waals surface area (Å²) in [6.45, 7) is 5.14. The topological polar surface area (TPSA) is 64.1 Å². The van der Waals surface area contributed by atoms with Gasteiger partial charge < -0.3 is 10.1 Å². The Morgan fingerprint density at radius 2 is 2.31 bits per heavy atom. The van der Waals surface area contributed by atoms with Crippen LogP contribution in [-0.2, 0) is 4.74 Å². The fourth-order valence-electron chi connectivity index (χ4n) is 0.966. The summed E-state index contributed by atoms with van der Waals surface area (Å²) >= 11 is 6.63. The molecule has 0 atom stereocenters. The van der Waals surface area contributed by atoms with Crippen LogP contribution in [0.25, 0.3) is 0 Å². The minimum Gasteiger partial charge on any atom is -0.379 e. The summed E-state index contributed by atoms with van der Waals surface area (Å²) in [5.74, 6) is -0.242. The second-order valence-corrected chi connectivity index (χ2v) is 4.95. The van der Waals surface area contributed by atoms with Crippen LogP contribution in [0.5, 0.6) is 0 Å². The molecule has 0 aromatic carbocycles. The number of hydrogen-bond acceptors (Lipinski definition) is 5. The van der Waals surface area contributed by atoms with Crippen molar-refractivity contribution in [2.24, 2.45) is 0 Å². The predicted molar refractivity (Wildman–Crippen MR) is 63.0 cm³/mol. The van der Waals surface area contributed by atoms with Gasteiger partial charge in [0.1, 0.15) is 0 Å². The predicted octanol–water partition coefficient (Wildman–Crippen LogP) is 1.74. The minimum absolute atomic E-state index is 0.220. The molecule has 0 radical (unpaired) electrons. The lowest BCUT2D eigenvalue weighted by Crippen LogP contribution is -2.25. The summed E-state index contributed by atoms with van der Waals surface area (Å²) in [5.41, 5.74) is 0. The van der Waals surface area contributed by atoms with Crippen molar-refractivity contribution in [2.75, 3.05) is 13.2 Å². The first-order valence-corrected chi connectivity index (χ1v) is 6.18. The van der Waals surface area contributed by atoms with Gasteiger partial charge in [0.05, 0.1) is 6.10 Å². The lowest BCUT2D eigenvalue weighted by atomic mass is 10.4. The molecule has 0 unspecified atom stereocenters. The Labute approximate surface area is 103 Å². The maximum atomic E-state index is 11.5. The Morgan fingerprint density at radius 1 is 1.56 bits per heavy atom. The molecule has 0 bridgehead atoms. The quantitative estimate of drug-likeness (QED) is 0.794. The molecule has 90 valence electrons. The van der Waals surface area contributed by atoms with E-state index in [1.807, 2.05) is 13.8 Å². The maximum Gasteiger partial charge on any atom is 0.282 e. The summed E-state index contributed by atoms with van der Waals surface area (Å²) in [5, 5.41) is 10.2. The van der Waals surface area contributed by atoms with Gasteiger partial charge in [-0.3, -0.25) is 4.79 Å². The van der Waals surface area contributed by atoms with Gasteiger partial charge in [-0.2, -0.15) is 0 Å². The molecule has 0 aliphatic heterocycles. The molecule has 1 amide bonds. The Morgan fingerprint density at radius 3 is 2.88 bits per heavy atom. The highest BCUT2D eigenvalue weighted by atomic mass is 35.5. The van der Waals surface area contributed by atoms with Gasteiger partial charge in [0.15, 0.2) is 0 Å². The number of aromatic nitrogens is 2. The molecule has 1 aromatic rings. The van der Waals surface area contributed by atoms with E-state index >= 15 is 0 Å². The van der Waals surface area contributed by atoms with Gasteiger partial charge in [0.2, 0.25) is 9.47 Å². The van der Waals surface area contributed by atoms with Crippen molar-refractivity contribution in [3.63, 3.8) is 0 Å². The first-order chi connectivity index (χ1) is 7.59. The van der Waals surface area contributed by atoms with Crippen LogP contribution in [0.3, 0.4) is 0 Å². The zero-order valence-corrected chi connectivity index (χ0v) is 10.8. The van der Waals surface area contributed by atoms with Gasteiger partial charge in [0, 0.05) is 13.2 Å². The second kappa shape index (κ2) is 6.78. The van der Waals surface area contributed by atoms with Gasteiger partial charge in [0.25, 0.3) is 5.91 Å². The summed E-state index contributed by atoms with van der Waals surface area (Å²) in [6, 6.07) is 0. The zero-order valence-electron chi connectivity index (χ0n) is 9.20. The molecule has 1 N–H and O–H groups in total. The van der Waals surface area contributed by atoms with Crippen LogP contribution in [0.1, 0.15) is 30.1 Å². The molecule has 5 nitrogen and oxygen atoms in total. The summed E-state index contributed by atoms with van der Waals surface area (Å²) < 4.78 is 5.61. The summed E-state index contributed by atoms with van der Waals surface area (Å²) in [6.07, 6.45) is 0.994. The first-order valence-electron chi connectivity index (χ1n) is 4.98. The van der Waals surface area contributed by atoms with Crippen molar-refractivity contribution >= 4 is 28.8 Å². The van der Waals surface area contributed by atoms with E-state index < -0.39 is 0 Å². The van der Waals surface area contributed by atoms with Gasteiger partial charge in [-0.05, 0) is 31.9 Å². The van der Waals surface area contributed by atoms with E-state index in [4.69, 9.17) is 16.3 Å². The van der Waals surface area contributed by atoms with E-state index in [1.54, 1.807) is 0 Å². The number of nitrogens with one attached hydrogen (secondary N) is 1. The zero-order chi connectivity index (χ0) is 12.0. The highest BCUT2D eigenvalue weighted by Gasteiger charge is 2.10. The number of carbonyl (C=O) groups excluding carboxylic acids is 1. The molecule has 0 aliphatic carbocycles. The molecule has 1 rings (SSSR count). The lowest BCUT2D eigenvalue weighted by molar-refractivity contribution is 0.0757. The number of ether oxygens (including phenoxy) is 1. The van der Waals surface area contributed by atoms with Crippen LogP contribution in [0.15, 0.2) is 0 Å². The molecule has 0 aliphatic rings. The van der Waals surface area contributed by atoms with Crippen molar-refractivity contribution in [1.82, 2.24) is 15.5 Å². The SMILES string of the molecule is CC(C)OCCCNC(=O)c1nnc(Cl)s1. The third-order valence-corrected chi connectivity index (χ3v) is 2.67. The van der Waals surface area contributed by atoms with Gasteiger partial charge in [-0.1, -0.05) is 11.3 Å². The van der Waals surface area contributed by atoms with Gasteiger partial charge >= 0.3 is 0 Å². The van der Waals surface area contributed by atoms with Crippen molar-refractivity contribution in [1.29, 1.82) is 0 Å². The van der Waals surface area contributed by atoms with Crippen LogP contribution < -0.4 is 5.32 Å². The number of nitrogens with zero attached hydrogens (tertiary/aromatic N) is 2. The van der Waals surface area contributed by atoms with Crippen molar-refractivity contribution in [3.05, 3.63) is 9.47 Å². The van der Waals surface area contributed by atoms with Crippen LogP contribution >= 0.6 is 22.9 Å². The number of halogens is 1. The molecule has 0 spiro atoms. The monoisotopic (exact) mass is 263 g/mol. The fraction of sp³-hybridized carbons (Fsp3) is 0.667. The second-order valence-electron chi connectivity index (χ2n) is 3.39. The number of amides is 1. The van der Waals surface area contributed by atoms with Crippen LogP contribution in [0.2, 0.25) is 4.47 Å². The highest BCUT2D eigenvalue weighted by molar-refractivity contribution is 7.17. The Kier molecular flexibility index (Phi) is 5.65. The van der Waals surface area contributed by atoms with E-state index in [-0.39, 0.29) is 21.5 Å². The van der Waals surface area contributed by atoms with E-state index in [0.29, 0.717) is 13.2 Å². The van der Waals surface area contributed by atoms with E-state index in [2.05, 4.69) is 15.5 Å². The minimum atomic E-state index is -0.242. The third kappa shape index (κ3) is 4.87. The van der Waals surface area contributed by atoms with Gasteiger partial charge in [-0.15, -0.1) is 10.2 Å². The Balaban J connectivity index is 2.16. The fourth-order valence-corrected chi connectivity index (χ4v) is 1.71. The smallest absolute Gasteiger partial charge is 0.282 e. The van der Waals surface area contributed by atoms with Crippen LogP contribution in [-0.4, -0.2) is 35.4 Å². The molecule has 0 saturated carbocycles. The van der Waals surface area contributed by atoms with E-state index in [0.717, 1.165) is 17.8 Å². The van der Waals surface area contributed by atoms with Crippen molar-refractivity contribution in [3.8, 4) is 0 Å². The van der Waals surface area contributed by atoms with E-state index in [9.17, 15) is 4.79 Å². The average Bonchev–Trinajstić information content (AvgIpc) is 2.63. The van der Waals surface area contributed by atoms with Crippen LogP contribution in [0.4, 0.5) is 0 Å². The highest BCUT2D eigenvalue weighted by Crippen LogP contribution is 2.14. The van der Waals surface area contributed by atoms with Crippen LogP contribution in [0, 0.1) is 0 Å². The third-order valence-electron chi connectivity index (χ3n) is 1.65. The summed E-state index contributed by atoms with van der Waals surface area (Å²) in [4.78, 5) is 11.5. The van der Waals surface area contributed by atoms with Crippen molar-refractivity contribution < 1.29 is 9.53 Å². The Bertz CT molecular complexity index is 343. The van der Waals surface area contributed by atoms with Gasteiger partial charge in [-0.25, -0.2) is 0 Å².